The van der Waals surface area contributed by atoms with Crippen molar-refractivity contribution < 1.29 is 4.74 Å². The van der Waals surface area contributed by atoms with Crippen LogP contribution in [0.5, 0.6) is 11.6 Å². The van der Waals surface area contributed by atoms with Crippen LogP contribution in [0.3, 0.4) is 0 Å². The Bertz CT molecular complexity index is 572. The molecule has 0 aliphatic heterocycles. The fourth-order valence-electron chi connectivity index (χ4n) is 1.81. The molecule has 0 radical (unpaired) electrons. The van der Waals surface area contributed by atoms with Crippen molar-refractivity contribution in [3.8, 4) is 11.6 Å². The van der Waals surface area contributed by atoms with Gasteiger partial charge in [-0.05, 0) is 43.7 Å². The average Bonchev–Trinajstić information content (AvgIpc) is 2.43. The molecule has 0 aliphatic carbocycles. The molecule has 0 bridgehead atoms. The van der Waals surface area contributed by atoms with Gasteiger partial charge in [0.05, 0.1) is 10.7 Å². The van der Waals surface area contributed by atoms with Crippen molar-refractivity contribution in [1.29, 1.82) is 0 Å². The van der Waals surface area contributed by atoms with Crippen molar-refractivity contribution in [2.24, 2.45) is 0 Å². The Morgan fingerprint density at radius 3 is 2.85 bits per heavy atom. The molecule has 20 heavy (non-hydrogen) atoms. The Balaban J connectivity index is 2.07. The van der Waals surface area contributed by atoms with Crippen LogP contribution in [0, 0.1) is 6.92 Å². The molecule has 0 aliphatic rings. The molecule has 0 atom stereocenters. The van der Waals surface area contributed by atoms with Gasteiger partial charge in [-0.1, -0.05) is 30.7 Å². The lowest BCUT2D eigenvalue weighted by molar-refractivity contribution is 0.459. The molecule has 106 valence electrons. The van der Waals surface area contributed by atoms with Crippen molar-refractivity contribution in [3.63, 3.8) is 0 Å². The SMILES string of the molecule is CCCNCc1cccc(Oc2ccc(C)cc2Cl)n1. The largest absolute Gasteiger partial charge is 0.437 e. The van der Waals surface area contributed by atoms with Crippen LogP contribution in [0.4, 0.5) is 0 Å². The summed E-state index contributed by atoms with van der Waals surface area (Å²) in [6.45, 7) is 5.86. The molecule has 2 aromatic rings. The summed E-state index contributed by atoms with van der Waals surface area (Å²) >= 11 is 6.16. The van der Waals surface area contributed by atoms with Crippen LogP contribution in [0.1, 0.15) is 24.6 Å². The van der Waals surface area contributed by atoms with Gasteiger partial charge >= 0.3 is 0 Å². The summed E-state index contributed by atoms with van der Waals surface area (Å²) in [7, 11) is 0. The van der Waals surface area contributed by atoms with Crippen LogP contribution in [0.2, 0.25) is 5.02 Å². The van der Waals surface area contributed by atoms with Crippen molar-refractivity contribution in [3.05, 3.63) is 52.7 Å². The zero-order valence-electron chi connectivity index (χ0n) is 11.8. The third-order valence-electron chi connectivity index (χ3n) is 2.82. The van der Waals surface area contributed by atoms with Gasteiger partial charge in [0.1, 0.15) is 5.75 Å². The third kappa shape index (κ3) is 4.22. The zero-order valence-corrected chi connectivity index (χ0v) is 12.6. The molecule has 3 nitrogen and oxygen atoms in total. The first-order chi connectivity index (χ1) is 9.69. The van der Waals surface area contributed by atoms with E-state index in [9.17, 15) is 0 Å². The van der Waals surface area contributed by atoms with Gasteiger partial charge in [-0.25, -0.2) is 4.98 Å². The van der Waals surface area contributed by atoms with E-state index in [1.54, 1.807) is 0 Å². The predicted octanol–water partition coefficient (Wildman–Crippen LogP) is 4.34. The van der Waals surface area contributed by atoms with Crippen LogP contribution < -0.4 is 10.1 Å². The number of hydrogen-bond donors (Lipinski definition) is 1. The number of benzene rings is 1. The van der Waals surface area contributed by atoms with Gasteiger partial charge in [0.2, 0.25) is 5.88 Å². The lowest BCUT2D eigenvalue weighted by Crippen LogP contribution is -2.14. The molecule has 0 unspecified atom stereocenters. The van der Waals surface area contributed by atoms with Crippen molar-refractivity contribution >= 4 is 11.6 Å². The van der Waals surface area contributed by atoms with Gasteiger partial charge in [-0.2, -0.15) is 0 Å². The van der Waals surface area contributed by atoms with E-state index in [4.69, 9.17) is 16.3 Å². The van der Waals surface area contributed by atoms with Gasteiger partial charge in [0.15, 0.2) is 0 Å². The number of halogens is 1. The smallest absolute Gasteiger partial charge is 0.219 e. The third-order valence-corrected chi connectivity index (χ3v) is 3.11. The molecule has 0 fully saturated rings. The zero-order chi connectivity index (χ0) is 14.4. The van der Waals surface area contributed by atoms with E-state index in [0.29, 0.717) is 16.7 Å². The Morgan fingerprint density at radius 2 is 2.10 bits per heavy atom. The number of nitrogens with one attached hydrogen (secondary N) is 1. The van der Waals surface area contributed by atoms with E-state index in [1.807, 2.05) is 43.3 Å². The first kappa shape index (κ1) is 14.8. The maximum absolute atomic E-state index is 6.16. The highest BCUT2D eigenvalue weighted by Gasteiger charge is 2.05. The molecule has 0 saturated heterocycles. The highest BCUT2D eigenvalue weighted by molar-refractivity contribution is 6.32. The Labute approximate surface area is 124 Å². The summed E-state index contributed by atoms with van der Waals surface area (Å²) in [5.74, 6) is 1.19. The molecule has 1 aromatic carbocycles. The summed E-state index contributed by atoms with van der Waals surface area (Å²) in [4.78, 5) is 4.46. The molecule has 0 amide bonds. The second-order valence-electron chi connectivity index (χ2n) is 4.68. The van der Waals surface area contributed by atoms with E-state index >= 15 is 0 Å². The minimum absolute atomic E-state index is 0.562. The standard InChI is InChI=1S/C16H19ClN2O/c1-3-9-18-11-13-5-4-6-16(19-13)20-15-8-7-12(2)10-14(15)17/h4-8,10,18H,3,9,11H2,1-2H3. The Hall–Kier alpha value is -1.58. The summed E-state index contributed by atoms with van der Waals surface area (Å²) in [6.07, 6.45) is 1.11. The highest BCUT2D eigenvalue weighted by atomic mass is 35.5. The lowest BCUT2D eigenvalue weighted by Gasteiger charge is -2.09. The van der Waals surface area contributed by atoms with Crippen LogP contribution >= 0.6 is 11.6 Å². The Morgan fingerprint density at radius 1 is 1.25 bits per heavy atom. The molecular weight excluding hydrogens is 272 g/mol. The quantitative estimate of drug-likeness (QED) is 0.804. The number of aromatic nitrogens is 1. The van der Waals surface area contributed by atoms with Gasteiger partial charge in [0.25, 0.3) is 0 Å². The summed E-state index contributed by atoms with van der Waals surface area (Å²) in [5, 5.41) is 3.92. The topological polar surface area (TPSA) is 34.1 Å². The number of nitrogens with zero attached hydrogens (tertiary/aromatic N) is 1. The molecule has 4 heteroatoms. The van der Waals surface area contributed by atoms with Crippen LogP contribution in [-0.4, -0.2) is 11.5 Å². The normalized spacial score (nSPS) is 10.6. The first-order valence-electron chi connectivity index (χ1n) is 6.79. The lowest BCUT2D eigenvalue weighted by atomic mass is 10.2. The second-order valence-corrected chi connectivity index (χ2v) is 5.09. The van der Waals surface area contributed by atoms with Gasteiger partial charge in [0, 0.05) is 12.6 Å². The number of ether oxygens (including phenoxy) is 1. The minimum atomic E-state index is 0.562. The van der Waals surface area contributed by atoms with Crippen LogP contribution in [0.15, 0.2) is 36.4 Å². The predicted molar refractivity (Wildman–Crippen MR) is 82.5 cm³/mol. The van der Waals surface area contributed by atoms with Crippen molar-refractivity contribution in [2.75, 3.05) is 6.54 Å². The number of rotatable bonds is 6. The summed E-state index contributed by atoms with van der Waals surface area (Å²) in [5.41, 5.74) is 2.06. The maximum atomic E-state index is 6.16. The van der Waals surface area contributed by atoms with Crippen LogP contribution in [-0.2, 0) is 6.54 Å². The van der Waals surface area contributed by atoms with Gasteiger partial charge < -0.3 is 10.1 Å². The van der Waals surface area contributed by atoms with Gasteiger partial charge in [-0.15, -0.1) is 0 Å². The highest BCUT2D eigenvalue weighted by Crippen LogP contribution is 2.29. The Kier molecular flexibility index (Phi) is 5.39. The van der Waals surface area contributed by atoms with E-state index in [2.05, 4.69) is 17.2 Å². The molecule has 2 rings (SSSR count). The fraction of sp³-hybridized carbons (Fsp3) is 0.312. The maximum Gasteiger partial charge on any atom is 0.219 e. The fourth-order valence-corrected chi connectivity index (χ4v) is 2.08. The molecule has 1 N–H and O–H groups in total. The molecule has 0 saturated carbocycles. The molecule has 1 heterocycles. The number of pyridine rings is 1. The first-order valence-corrected chi connectivity index (χ1v) is 7.17. The van der Waals surface area contributed by atoms with Crippen LogP contribution in [0.25, 0.3) is 0 Å². The van der Waals surface area contributed by atoms with Crippen molar-refractivity contribution in [1.82, 2.24) is 10.3 Å². The number of aryl methyl sites for hydroxylation is 1. The van der Waals surface area contributed by atoms with Crippen molar-refractivity contribution in [2.45, 2.75) is 26.8 Å². The van der Waals surface area contributed by atoms with E-state index in [-0.39, 0.29) is 0 Å². The second kappa shape index (κ2) is 7.27. The van der Waals surface area contributed by atoms with E-state index in [0.717, 1.165) is 30.8 Å². The van der Waals surface area contributed by atoms with E-state index in [1.165, 1.54) is 0 Å². The van der Waals surface area contributed by atoms with E-state index < -0.39 is 0 Å². The molecule has 0 spiro atoms. The molecule has 1 aromatic heterocycles. The average molecular weight is 291 g/mol. The summed E-state index contributed by atoms with van der Waals surface area (Å²) < 4.78 is 5.74. The monoisotopic (exact) mass is 290 g/mol. The summed E-state index contributed by atoms with van der Waals surface area (Å²) in [6, 6.07) is 11.5. The minimum Gasteiger partial charge on any atom is -0.437 e. The number of hydrogen-bond acceptors (Lipinski definition) is 3. The van der Waals surface area contributed by atoms with Gasteiger partial charge in [-0.3, -0.25) is 0 Å². The molecular formula is C16H19ClN2O.